The van der Waals surface area contributed by atoms with Crippen LogP contribution in [0.25, 0.3) is 0 Å². The van der Waals surface area contributed by atoms with E-state index < -0.39 is 10.0 Å². The molecular weight excluding hydrogens is 271 g/mol. The molecule has 16 heavy (non-hydrogen) atoms. The average molecular weight is 281 g/mol. The molecule has 2 N–H and O–H groups in total. The van der Waals surface area contributed by atoms with E-state index in [2.05, 4.69) is 10.0 Å². The van der Waals surface area contributed by atoms with Crippen LogP contribution in [0.5, 0.6) is 0 Å². The van der Waals surface area contributed by atoms with Crippen molar-refractivity contribution >= 4 is 33.2 Å². The molecule has 1 aromatic rings. The van der Waals surface area contributed by atoms with Crippen LogP contribution < -0.4 is 10.0 Å². The predicted molar refractivity (Wildman–Crippen MR) is 63.4 cm³/mol. The Bertz CT molecular complexity index is 480. The summed E-state index contributed by atoms with van der Waals surface area (Å²) in [5.41, 5.74) is 0. The minimum atomic E-state index is -3.64. The van der Waals surface area contributed by atoms with Crippen molar-refractivity contribution in [2.75, 3.05) is 13.1 Å². The molecule has 1 aromatic carbocycles. The second-order valence-corrected chi connectivity index (χ2v) is 5.99. The van der Waals surface area contributed by atoms with Gasteiger partial charge in [0.15, 0.2) is 0 Å². The third-order valence-corrected chi connectivity index (χ3v) is 4.77. The molecule has 0 unspecified atom stereocenters. The van der Waals surface area contributed by atoms with Crippen LogP contribution in [-0.2, 0) is 10.0 Å². The van der Waals surface area contributed by atoms with Gasteiger partial charge in [0.2, 0.25) is 10.0 Å². The molecule has 1 heterocycles. The zero-order valence-electron chi connectivity index (χ0n) is 8.20. The number of rotatable bonds is 3. The molecule has 0 spiro atoms. The van der Waals surface area contributed by atoms with E-state index in [9.17, 15) is 8.42 Å². The molecule has 4 nitrogen and oxygen atoms in total. The lowest BCUT2D eigenvalue weighted by Gasteiger charge is -2.27. The van der Waals surface area contributed by atoms with E-state index in [1.807, 2.05) is 0 Å². The highest BCUT2D eigenvalue weighted by Gasteiger charge is 2.27. The first-order chi connectivity index (χ1) is 7.50. The van der Waals surface area contributed by atoms with Crippen LogP contribution in [0.2, 0.25) is 10.0 Å². The molecule has 2 rings (SSSR count). The molecule has 7 heteroatoms. The summed E-state index contributed by atoms with van der Waals surface area (Å²) in [6.45, 7) is 1.25. The van der Waals surface area contributed by atoms with E-state index >= 15 is 0 Å². The molecule has 0 atom stereocenters. The SMILES string of the molecule is O=S(=O)(NC1CNC1)c1c(Cl)cccc1Cl. The molecule has 1 saturated heterocycles. The average Bonchev–Trinajstić information content (AvgIpc) is 2.11. The molecule has 0 amide bonds. The lowest BCUT2D eigenvalue weighted by Crippen LogP contribution is -2.56. The summed E-state index contributed by atoms with van der Waals surface area (Å²) in [6.07, 6.45) is 0. The lowest BCUT2D eigenvalue weighted by molar-refractivity contribution is 0.410. The molecule has 1 aliphatic heterocycles. The van der Waals surface area contributed by atoms with Gasteiger partial charge in [-0.1, -0.05) is 29.3 Å². The fourth-order valence-electron chi connectivity index (χ4n) is 1.39. The Morgan fingerprint density at radius 2 is 1.81 bits per heavy atom. The van der Waals surface area contributed by atoms with Crippen molar-refractivity contribution in [2.45, 2.75) is 10.9 Å². The summed E-state index contributed by atoms with van der Waals surface area (Å²) < 4.78 is 26.5. The zero-order chi connectivity index (χ0) is 11.8. The van der Waals surface area contributed by atoms with E-state index in [4.69, 9.17) is 23.2 Å². The molecular formula is C9H10Cl2N2O2S. The van der Waals surface area contributed by atoms with E-state index in [-0.39, 0.29) is 21.0 Å². The van der Waals surface area contributed by atoms with Gasteiger partial charge in [0, 0.05) is 19.1 Å². The first kappa shape index (κ1) is 12.1. The number of sulfonamides is 1. The molecule has 0 bridgehead atoms. The van der Waals surface area contributed by atoms with Crippen molar-refractivity contribution < 1.29 is 8.42 Å². The van der Waals surface area contributed by atoms with Gasteiger partial charge in [0.1, 0.15) is 4.90 Å². The number of hydrogen-bond acceptors (Lipinski definition) is 3. The first-order valence-electron chi connectivity index (χ1n) is 4.68. The van der Waals surface area contributed by atoms with Crippen molar-refractivity contribution in [1.82, 2.24) is 10.0 Å². The Hall–Kier alpha value is -0.330. The van der Waals surface area contributed by atoms with E-state index in [0.717, 1.165) is 0 Å². The molecule has 0 radical (unpaired) electrons. The van der Waals surface area contributed by atoms with Gasteiger partial charge in [-0.05, 0) is 12.1 Å². The minimum Gasteiger partial charge on any atom is -0.313 e. The maximum Gasteiger partial charge on any atom is 0.243 e. The molecule has 88 valence electrons. The van der Waals surface area contributed by atoms with Crippen LogP contribution in [-0.4, -0.2) is 27.5 Å². The third-order valence-electron chi connectivity index (χ3n) is 2.29. The third kappa shape index (κ3) is 2.33. The van der Waals surface area contributed by atoms with Crippen molar-refractivity contribution in [3.05, 3.63) is 28.2 Å². The lowest BCUT2D eigenvalue weighted by atomic mass is 10.2. The predicted octanol–water partition coefficient (Wildman–Crippen LogP) is 1.24. The maximum absolute atomic E-state index is 12.0. The first-order valence-corrected chi connectivity index (χ1v) is 6.91. The van der Waals surface area contributed by atoms with Gasteiger partial charge in [-0.3, -0.25) is 0 Å². The maximum atomic E-state index is 12.0. The van der Waals surface area contributed by atoms with Gasteiger partial charge in [0.25, 0.3) is 0 Å². The van der Waals surface area contributed by atoms with Crippen molar-refractivity contribution in [3.63, 3.8) is 0 Å². The second-order valence-electron chi connectivity index (χ2n) is 3.53. The van der Waals surface area contributed by atoms with Crippen LogP contribution in [0, 0.1) is 0 Å². The molecule has 0 aromatic heterocycles. The van der Waals surface area contributed by atoms with Crippen molar-refractivity contribution in [3.8, 4) is 0 Å². The summed E-state index contributed by atoms with van der Waals surface area (Å²) in [7, 11) is -3.64. The topological polar surface area (TPSA) is 58.2 Å². The smallest absolute Gasteiger partial charge is 0.243 e. The van der Waals surface area contributed by atoms with Crippen LogP contribution in [0.3, 0.4) is 0 Å². The van der Waals surface area contributed by atoms with Gasteiger partial charge in [0.05, 0.1) is 10.0 Å². The van der Waals surface area contributed by atoms with E-state index in [1.165, 1.54) is 12.1 Å². The van der Waals surface area contributed by atoms with Crippen molar-refractivity contribution in [1.29, 1.82) is 0 Å². The fourth-order valence-corrected chi connectivity index (χ4v) is 3.77. The molecule has 1 aliphatic rings. The standard InChI is InChI=1S/C9H10Cl2N2O2S/c10-7-2-1-3-8(11)9(7)16(14,15)13-6-4-12-5-6/h1-3,6,12-13H,4-5H2. The Balaban J connectivity index is 2.34. The van der Waals surface area contributed by atoms with Crippen LogP contribution in [0.1, 0.15) is 0 Å². The zero-order valence-corrected chi connectivity index (χ0v) is 10.5. The van der Waals surface area contributed by atoms with Gasteiger partial charge in [-0.2, -0.15) is 0 Å². The highest BCUT2D eigenvalue weighted by atomic mass is 35.5. The van der Waals surface area contributed by atoms with Gasteiger partial charge in [-0.15, -0.1) is 0 Å². The van der Waals surface area contributed by atoms with E-state index in [0.29, 0.717) is 13.1 Å². The number of hydrogen-bond donors (Lipinski definition) is 2. The highest BCUT2D eigenvalue weighted by Crippen LogP contribution is 2.28. The largest absolute Gasteiger partial charge is 0.313 e. The number of halogens is 2. The van der Waals surface area contributed by atoms with E-state index in [1.54, 1.807) is 6.07 Å². The number of nitrogens with one attached hydrogen (secondary N) is 2. The Morgan fingerprint density at radius 1 is 1.25 bits per heavy atom. The second kappa shape index (κ2) is 4.50. The van der Waals surface area contributed by atoms with Crippen LogP contribution in [0.4, 0.5) is 0 Å². The monoisotopic (exact) mass is 280 g/mol. The Labute approximate surface area is 104 Å². The summed E-state index contributed by atoms with van der Waals surface area (Å²) in [5.74, 6) is 0. The van der Waals surface area contributed by atoms with Crippen LogP contribution in [0.15, 0.2) is 23.1 Å². The summed E-state index contributed by atoms with van der Waals surface area (Å²) >= 11 is 11.7. The van der Waals surface area contributed by atoms with Crippen molar-refractivity contribution in [2.24, 2.45) is 0 Å². The number of benzene rings is 1. The molecule has 1 fully saturated rings. The Morgan fingerprint density at radius 3 is 2.25 bits per heavy atom. The Kier molecular flexibility index (Phi) is 3.42. The minimum absolute atomic E-state index is 0.0507. The van der Waals surface area contributed by atoms with Gasteiger partial charge < -0.3 is 5.32 Å². The summed E-state index contributed by atoms with van der Waals surface area (Å²) in [5, 5.41) is 3.24. The summed E-state index contributed by atoms with van der Waals surface area (Å²) in [6, 6.07) is 4.52. The van der Waals surface area contributed by atoms with Gasteiger partial charge >= 0.3 is 0 Å². The van der Waals surface area contributed by atoms with Crippen LogP contribution >= 0.6 is 23.2 Å². The summed E-state index contributed by atoms with van der Waals surface area (Å²) in [4.78, 5) is -0.0507. The molecule has 0 saturated carbocycles. The highest BCUT2D eigenvalue weighted by molar-refractivity contribution is 7.89. The normalized spacial score (nSPS) is 17.1. The fraction of sp³-hybridized carbons (Fsp3) is 0.333. The molecule has 0 aliphatic carbocycles. The quantitative estimate of drug-likeness (QED) is 0.876. The van der Waals surface area contributed by atoms with Gasteiger partial charge in [-0.25, -0.2) is 13.1 Å².